The first-order valence-electron chi connectivity index (χ1n) is 41.0. The second kappa shape index (κ2) is 26.2. The normalized spacial score (nSPS) is 13.6. The highest BCUT2D eigenvalue weighted by molar-refractivity contribution is 6.16. The van der Waals surface area contributed by atoms with E-state index in [4.69, 9.17) is 8.83 Å². The molecule has 0 amide bonds. The second-order valence-electron chi connectivity index (χ2n) is 32.3. The molecule has 0 bridgehead atoms. The SMILES string of the molecule is CCCCCCCCC1(CCCCCCCC)c2cc(-c3ccc4c(c3)CC4)ccc2-c2ccc(-n3c4ccc(-c5ccc6c(c5)CC6)cc4c4cc(-c5ccc6c(c5)c5cc(-c7ccc8c(c7)c7ccccc7n8-c7ccc8oc9ccccc9c8c7)ccc5n6-c5ccc6oc7ccccc7c6c5)ccc43)cc21. The Labute approximate surface area is 641 Å². The number of unbranched alkanes of at least 4 members (excludes halogenated alkanes) is 10. The van der Waals surface area contributed by atoms with Gasteiger partial charge in [0, 0.05) is 76.3 Å². The van der Waals surface area contributed by atoms with Crippen molar-refractivity contribution in [2.24, 2.45) is 0 Å². The molecule has 0 unspecified atom stereocenters. The number of aromatic nitrogens is 3. The molecule has 0 radical (unpaired) electrons. The number of hydrogen-bond acceptors (Lipinski definition) is 2. The van der Waals surface area contributed by atoms with Gasteiger partial charge in [0.05, 0.1) is 33.1 Å². The predicted molar refractivity (Wildman–Crippen MR) is 463 cm³/mol. The van der Waals surface area contributed by atoms with Gasteiger partial charge in [-0.2, -0.15) is 0 Å². The smallest absolute Gasteiger partial charge is 0.135 e. The van der Waals surface area contributed by atoms with Crippen LogP contribution in [0.15, 0.2) is 282 Å². The zero-order valence-electron chi connectivity index (χ0n) is 62.9. The number of rotatable bonds is 21. The highest BCUT2D eigenvalue weighted by Gasteiger charge is 2.43. The summed E-state index contributed by atoms with van der Waals surface area (Å²) in [7, 11) is 0. The third-order valence-electron chi connectivity index (χ3n) is 26.0. The molecule has 110 heavy (non-hydrogen) atoms. The Kier molecular flexibility index (Phi) is 15.5. The van der Waals surface area contributed by atoms with Crippen LogP contribution in [-0.4, -0.2) is 13.7 Å². The lowest BCUT2D eigenvalue weighted by Crippen LogP contribution is -2.26. The van der Waals surface area contributed by atoms with E-state index in [1.54, 1.807) is 5.56 Å². The van der Waals surface area contributed by atoms with Crippen molar-refractivity contribution >= 4 is 109 Å². The van der Waals surface area contributed by atoms with Crippen molar-refractivity contribution in [2.75, 3.05) is 0 Å². The van der Waals surface area contributed by atoms with E-state index in [0.717, 1.165) is 78.2 Å². The fourth-order valence-electron chi connectivity index (χ4n) is 20.1. The average Bonchev–Trinajstić information content (AvgIpc) is 1.57. The van der Waals surface area contributed by atoms with Crippen LogP contribution in [0.25, 0.3) is 182 Å². The molecule has 19 aromatic rings. The zero-order valence-corrected chi connectivity index (χ0v) is 62.9. The molecule has 0 N–H and O–H groups in total. The van der Waals surface area contributed by atoms with Gasteiger partial charge in [-0.05, 0) is 261 Å². The molecule has 5 aromatic heterocycles. The Bertz CT molecular complexity index is 6960. The van der Waals surface area contributed by atoms with Gasteiger partial charge in [0.2, 0.25) is 0 Å². The highest BCUT2D eigenvalue weighted by Crippen LogP contribution is 2.57. The summed E-state index contributed by atoms with van der Waals surface area (Å²) < 4.78 is 20.3. The molecule has 0 atom stereocenters. The van der Waals surface area contributed by atoms with Crippen LogP contribution in [0.3, 0.4) is 0 Å². The van der Waals surface area contributed by atoms with Gasteiger partial charge in [0.1, 0.15) is 22.3 Å². The Morgan fingerprint density at radius 1 is 0.245 bits per heavy atom. The maximum atomic E-state index is 6.46. The van der Waals surface area contributed by atoms with E-state index in [-0.39, 0.29) is 5.41 Å². The van der Waals surface area contributed by atoms with E-state index in [2.05, 4.69) is 294 Å². The third-order valence-corrected chi connectivity index (χ3v) is 26.0. The van der Waals surface area contributed by atoms with E-state index in [1.165, 1.54) is 247 Å². The molecular weight excluding hydrogens is 1340 g/mol. The first kappa shape index (κ1) is 65.2. The van der Waals surface area contributed by atoms with Crippen LogP contribution in [0, 0.1) is 0 Å². The summed E-state index contributed by atoms with van der Waals surface area (Å²) >= 11 is 0. The molecule has 3 aliphatic carbocycles. The summed E-state index contributed by atoms with van der Waals surface area (Å²) in [4.78, 5) is 0. The number of aryl methyl sites for hydroxylation is 4. The monoisotopic (exact) mass is 1420 g/mol. The van der Waals surface area contributed by atoms with Crippen LogP contribution >= 0.6 is 0 Å². The first-order valence-corrected chi connectivity index (χ1v) is 41.0. The molecule has 0 spiro atoms. The van der Waals surface area contributed by atoms with E-state index in [9.17, 15) is 0 Å². The maximum Gasteiger partial charge on any atom is 0.135 e. The van der Waals surface area contributed by atoms with Gasteiger partial charge in [0.25, 0.3) is 0 Å². The van der Waals surface area contributed by atoms with E-state index >= 15 is 0 Å². The third kappa shape index (κ3) is 10.5. The molecule has 3 aliphatic rings. The van der Waals surface area contributed by atoms with Crippen LogP contribution in [-0.2, 0) is 31.1 Å². The van der Waals surface area contributed by atoms with Crippen molar-refractivity contribution in [3.8, 4) is 72.7 Å². The second-order valence-corrected chi connectivity index (χ2v) is 32.3. The Balaban J connectivity index is 0.703. The van der Waals surface area contributed by atoms with Crippen LogP contribution in [0.5, 0.6) is 0 Å². The molecule has 5 heteroatoms. The van der Waals surface area contributed by atoms with Gasteiger partial charge < -0.3 is 22.5 Å². The molecule has 0 saturated carbocycles. The Morgan fingerprint density at radius 3 is 1.02 bits per heavy atom. The number of fused-ring (bicyclic) bond motifs is 20. The van der Waals surface area contributed by atoms with Gasteiger partial charge in [-0.25, -0.2) is 0 Å². The summed E-state index contributed by atoms with van der Waals surface area (Å²) in [6, 6.07) is 105. The number of benzene rings is 14. The van der Waals surface area contributed by atoms with Gasteiger partial charge >= 0.3 is 0 Å². The number of furan rings is 2. The Hall–Kier alpha value is -11.9. The fraction of sp³-hybridized carbons (Fsp3) is 0.200. The standard InChI is InChI=1S/C105H87N3O2/c1-3-5-7-9-11-19-53-105(54-20-12-10-8-6-4-2)93-62-77(71-34-30-67-28-32-69(67)56-71)35-44-81(93)82-45-41-80(65-94(82)105)108-99-47-36-72(70-33-29-66-27-31-68(66)55-70)58-87(99)90-61-76(40-50-100(90)108)75-39-49-98-89(60-75)88-59-74(38-48-97(88)107(98)79-43-52-104-92(64-79)85-23-15-18-26-102(85)110-104)73-37-46-96-86(57-73)83-21-13-16-24-95(83)106(96)78-42-51-103-91(63-78)84-22-14-17-25-101(84)109-103/h13-18,21-26,29-30,33-52,55-65H,3-12,19-20,27-28,31-32,53-54H2,1-2H3. The van der Waals surface area contributed by atoms with Crippen LogP contribution in [0.2, 0.25) is 0 Å². The van der Waals surface area contributed by atoms with Crippen LogP contribution in [0.1, 0.15) is 137 Å². The van der Waals surface area contributed by atoms with E-state index in [0.29, 0.717) is 0 Å². The molecule has 5 heterocycles. The summed E-state index contributed by atoms with van der Waals surface area (Å²) in [6.07, 6.45) is 22.5. The highest BCUT2D eigenvalue weighted by atomic mass is 16.3. The van der Waals surface area contributed by atoms with Gasteiger partial charge in [-0.3, -0.25) is 0 Å². The van der Waals surface area contributed by atoms with E-state index < -0.39 is 0 Å². The lowest BCUT2D eigenvalue weighted by molar-refractivity contribution is 0.398. The van der Waals surface area contributed by atoms with Crippen molar-refractivity contribution in [2.45, 2.75) is 135 Å². The Morgan fingerprint density at radius 2 is 0.573 bits per heavy atom. The zero-order chi connectivity index (χ0) is 72.7. The van der Waals surface area contributed by atoms with Crippen LogP contribution in [0.4, 0.5) is 0 Å². The number of hydrogen-bond donors (Lipinski definition) is 0. The minimum atomic E-state index is -0.105. The molecule has 0 fully saturated rings. The van der Waals surface area contributed by atoms with Crippen molar-refractivity contribution in [3.63, 3.8) is 0 Å². The van der Waals surface area contributed by atoms with Crippen molar-refractivity contribution in [3.05, 3.63) is 306 Å². The topological polar surface area (TPSA) is 41.1 Å². The lowest BCUT2D eigenvalue weighted by atomic mass is 9.70. The molecule has 5 nitrogen and oxygen atoms in total. The minimum absolute atomic E-state index is 0.105. The van der Waals surface area contributed by atoms with Crippen molar-refractivity contribution in [1.82, 2.24) is 13.7 Å². The molecule has 22 rings (SSSR count). The van der Waals surface area contributed by atoms with Crippen molar-refractivity contribution in [1.29, 1.82) is 0 Å². The van der Waals surface area contributed by atoms with Gasteiger partial charge in [0.15, 0.2) is 0 Å². The summed E-state index contributed by atoms with van der Waals surface area (Å²) in [6.45, 7) is 4.68. The summed E-state index contributed by atoms with van der Waals surface area (Å²) in [5.41, 5.74) is 36.0. The quantitative estimate of drug-likeness (QED) is 0.0673. The summed E-state index contributed by atoms with van der Waals surface area (Å²) in [5, 5.41) is 11.9. The van der Waals surface area contributed by atoms with Crippen LogP contribution < -0.4 is 0 Å². The van der Waals surface area contributed by atoms with Gasteiger partial charge in [-0.1, -0.05) is 230 Å². The van der Waals surface area contributed by atoms with Gasteiger partial charge in [-0.15, -0.1) is 0 Å². The molecule has 0 saturated heterocycles. The predicted octanol–water partition coefficient (Wildman–Crippen LogP) is 29.4. The molecule has 0 aliphatic heterocycles. The first-order chi connectivity index (χ1) is 54.4. The number of para-hydroxylation sites is 3. The van der Waals surface area contributed by atoms with Crippen molar-refractivity contribution < 1.29 is 8.83 Å². The lowest BCUT2D eigenvalue weighted by Gasteiger charge is -2.33. The fourth-order valence-corrected chi connectivity index (χ4v) is 20.1. The number of nitrogens with zero attached hydrogens (tertiary/aromatic N) is 3. The summed E-state index contributed by atoms with van der Waals surface area (Å²) in [5.74, 6) is 0. The minimum Gasteiger partial charge on any atom is -0.456 e. The van der Waals surface area contributed by atoms with E-state index in [1.807, 2.05) is 6.07 Å². The molecular formula is C105H87N3O2. The molecule has 14 aromatic carbocycles. The maximum absolute atomic E-state index is 6.46. The largest absolute Gasteiger partial charge is 0.456 e. The molecule has 534 valence electrons. The average molecular weight is 1420 g/mol.